The van der Waals surface area contributed by atoms with Crippen LogP contribution in [0.25, 0.3) is 17.2 Å². The molecule has 13 heteroatoms. The minimum atomic E-state index is -0.965. The fourth-order valence-electron chi connectivity index (χ4n) is 4.48. The van der Waals surface area contributed by atoms with E-state index in [-0.39, 0.29) is 69.2 Å². The Labute approximate surface area is 262 Å². The molecule has 0 bridgehead atoms. The number of aryl methyl sites for hydroxylation is 1. The van der Waals surface area contributed by atoms with Gasteiger partial charge < -0.3 is 28.4 Å². The SMILES string of the molecule is COC(=O)CC1=C(C)C(=Cc2cc(C)cs2)c2cc(F)c(OCCOCCOCCOC(=O)Oc3ccc([N+](=O)[O-])cc3)cc21. The molecular formula is C32H32FNO10S. The van der Waals surface area contributed by atoms with Crippen LogP contribution in [0.5, 0.6) is 11.5 Å². The predicted octanol–water partition coefficient (Wildman–Crippen LogP) is 6.62. The van der Waals surface area contributed by atoms with Gasteiger partial charge in [0.05, 0.1) is 44.9 Å². The molecule has 2 aromatic carbocycles. The average Bonchev–Trinajstić information content (AvgIpc) is 3.53. The Morgan fingerprint density at radius 2 is 1.64 bits per heavy atom. The highest BCUT2D eigenvalue weighted by atomic mass is 32.1. The number of carbonyl (C=O) groups excluding carboxylic acids is 2. The van der Waals surface area contributed by atoms with Crippen molar-refractivity contribution in [2.24, 2.45) is 0 Å². The lowest BCUT2D eigenvalue weighted by Crippen LogP contribution is -2.16. The maximum atomic E-state index is 15.1. The number of hydrogen-bond donors (Lipinski definition) is 0. The number of ether oxygens (including phenoxy) is 6. The van der Waals surface area contributed by atoms with Crippen LogP contribution < -0.4 is 9.47 Å². The number of carbonyl (C=O) groups is 2. The maximum Gasteiger partial charge on any atom is 0.513 e. The fraction of sp³-hybridized carbons (Fsp3) is 0.312. The molecule has 0 unspecified atom stereocenters. The maximum absolute atomic E-state index is 15.1. The standard InChI is InChI=1S/C32H32FNO10S/c1-20-14-24(45-19-20)15-25-21(2)26(18-31(35)39-3)28-17-30(29(33)16-27(25)28)42-12-10-40-8-9-41-11-13-43-32(36)44-23-6-4-22(5-7-23)34(37)38/h4-7,14-17,19H,8-13,18H2,1-3H3. The van der Waals surface area contributed by atoms with Crippen molar-refractivity contribution >= 4 is 46.4 Å². The van der Waals surface area contributed by atoms with E-state index in [9.17, 15) is 19.7 Å². The Morgan fingerprint density at radius 3 is 2.29 bits per heavy atom. The molecule has 0 saturated heterocycles. The van der Waals surface area contributed by atoms with E-state index in [1.807, 2.05) is 25.3 Å². The van der Waals surface area contributed by atoms with Crippen LogP contribution >= 0.6 is 11.3 Å². The number of allylic oxidation sites excluding steroid dienone is 2. The van der Waals surface area contributed by atoms with E-state index in [1.54, 1.807) is 17.4 Å². The van der Waals surface area contributed by atoms with Crippen molar-refractivity contribution in [1.29, 1.82) is 0 Å². The van der Waals surface area contributed by atoms with Crippen molar-refractivity contribution < 1.29 is 47.3 Å². The first-order valence-electron chi connectivity index (χ1n) is 13.9. The number of methoxy groups -OCH3 is 1. The van der Waals surface area contributed by atoms with Gasteiger partial charge in [0.15, 0.2) is 11.6 Å². The topological polar surface area (TPSA) is 133 Å². The Balaban J connectivity index is 1.19. The molecule has 0 aliphatic heterocycles. The quantitative estimate of drug-likeness (QED) is 0.0586. The molecule has 238 valence electrons. The normalized spacial score (nSPS) is 13.1. The van der Waals surface area contributed by atoms with Crippen LogP contribution in [0.15, 0.2) is 53.4 Å². The van der Waals surface area contributed by atoms with E-state index in [1.165, 1.54) is 37.4 Å². The lowest BCUT2D eigenvalue weighted by Gasteiger charge is -2.12. The molecule has 0 radical (unpaired) electrons. The highest BCUT2D eigenvalue weighted by Crippen LogP contribution is 2.46. The summed E-state index contributed by atoms with van der Waals surface area (Å²) in [7, 11) is 1.33. The molecule has 1 aliphatic rings. The first kappa shape index (κ1) is 33.3. The van der Waals surface area contributed by atoms with Gasteiger partial charge >= 0.3 is 12.1 Å². The third-order valence-electron chi connectivity index (χ3n) is 6.68. The lowest BCUT2D eigenvalue weighted by atomic mass is 10.0. The third kappa shape index (κ3) is 9.20. The molecule has 45 heavy (non-hydrogen) atoms. The van der Waals surface area contributed by atoms with Gasteiger partial charge in [-0.25, -0.2) is 9.18 Å². The van der Waals surface area contributed by atoms with Crippen LogP contribution in [0.1, 0.15) is 34.9 Å². The van der Waals surface area contributed by atoms with Gasteiger partial charge in [-0.2, -0.15) is 0 Å². The van der Waals surface area contributed by atoms with Gasteiger partial charge in [0.25, 0.3) is 5.69 Å². The number of nitro groups is 1. The summed E-state index contributed by atoms with van der Waals surface area (Å²) in [5.74, 6) is -0.750. The molecular weight excluding hydrogens is 609 g/mol. The van der Waals surface area contributed by atoms with Crippen molar-refractivity contribution in [3.8, 4) is 11.5 Å². The highest BCUT2D eigenvalue weighted by Gasteiger charge is 2.28. The number of nitrogens with zero attached hydrogens (tertiary/aromatic N) is 1. The number of fused-ring (bicyclic) bond motifs is 1. The lowest BCUT2D eigenvalue weighted by molar-refractivity contribution is -0.384. The van der Waals surface area contributed by atoms with E-state index in [2.05, 4.69) is 6.07 Å². The molecule has 1 heterocycles. The average molecular weight is 642 g/mol. The number of halogens is 1. The second-order valence-corrected chi connectivity index (χ2v) is 10.7. The number of thiophene rings is 1. The van der Waals surface area contributed by atoms with Crippen molar-refractivity contribution in [2.45, 2.75) is 20.3 Å². The number of hydrogen-bond acceptors (Lipinski definition) is 11. The zero-order valence-corrected chi connectivity index (χ0v) is 25.8. The molecule has 1 aromatic heterocycles. The Bertz CT molecular complexity index is 1600. The van der Waals surface area contributed by atoms with Crippen LogP contribution in [-0.2, 0) is 23.7 Å². The number of esters is 1. The van der Waals surface area contributed by atoms with E-state index in [0.717, 1.165) is 32.7 Å². The van der Waals surface area contributed by atoms with Gasteiger partial charge in [0.2, 0.25) is 0 Å². The predicted molar refractivity (Wildman–Crippen MR) is 165 cm³/mol. The minimum Gasteiger partial charge on any atom is -0.488 e. The minimum absolute atomic E-state index is 0.0507. The summed E-state index contributed by atoms with van der Waals surface area (Å²) in [5.41, 5.74) is 4.93. The molecule has 0 N–H and O–H groups in total. The summed E-state index contributed by atoms with van der Waals surface area (Å²) in [6.45, 7) is 4.65. The van der Waals surface area contributed by atoms with Crippen LogP contribution in [0, 0.1) is 22.9 Å². The van der Waals surface area contributed by atoms with Gasteiger partial charge in [-0.1, -0.05) is 0 Å². The summed E-state index contributed by atoms with van der Waals surface area (Å²) in [5, 5.41) is 12.7. The van der Waals surface area contributed by atoms with Crippen molar-refractivity contribution in [3.05, 3.63) is 90.9 Å². The Morgan fingerprint density at radius 1 is 0.956 bits per heavy atom. The summed E-state index contributed by atoms with van der Waals surface area (Å²) in [4.78, 5) is 35.0. The summed E-state index contributed by atoms with van der Waals surface area (Å²) in [6.07, 6.45) is 1.09. The van der Waals surface area contributed by atoms with E-state index in [0.29, 0.717) is 5.56 Å². The van der Waals surface area contributed by atoms with Gasteiger partial charge in [0.1, 0.15) is 19.0 Å². The van der Waals surface area contributed by atoms with E-state index >= 15 is 4.39 Å². The summed E-state index contributed by atoms with van der Waals surface area (Å²) >= 11 is 1.59. The van der Waals surface area contributed by atoms with Gasteiger partial charge in [-0.15, -0.1) is 11.3 Å². The molecule has 0 amide bonds. The molecule has 0 fully saturated rings. The number of rotatable bonds is 15. The van der Waals surface area contributed by atoms with E-state index < -0.39 is 16.9 Å². The fourth-order valence-corrected chi connectivity index (χ4v) is 5.31. The van der Waals surface area contributed by atoms with Crippen molar-refractivity contribution in [1.82, 2.24) is 0 Å². The van der Waals surface area contributed by atoms with Crippen molar-refractivity contribution in [3.63, 3.8) is 0 Å². The van der Waals surface area contributed by atoms with Gasteiger partial charge in [-0.05, 0) is 89.0 Å². The van der Waals surface area contributed by atoms with Gasteiger partial charge in [0, 0.05) is 17.0 Å². The van der Waals surface area contributed by atoms with E-state index in [4.69, 9.17) is 28.4 Å². The zero-order chi connectivity index (χ0) is 32.3. The molecule has 0 atom stereocenters. The zero-order valence-electron chi connectivity index (χ0n) is 25.0. The summed E-state index contributed by atoms with van der Waals surface area (Å²) in [6, 6.07) is 10.1. The smallest absolute Gasteiger partial charge is 0.488 e. The summed E-state index contributed by atoms with van der Waals surface area (Å²) < 4.78 is 46.3. The number of benzene rings is 2. The molecule has 11 nitrogen and oxygen atoms in total. The molecule has 0 spiro atoms. The molecule has 4 rings (SSSR count). The second kappa shape index (κ2) is 15.9. The van der Waals surface area contributed by atoms with Crippen molar-refractivity contribution in [2.75, 3.05) is 46.8 Å². The third-order valence-corrected chi connectivity index (χ3v) is 7.68. The van der Waals surface area contributed by atoms with Crippen LogP contribution in [0.3, 0.4) is 0 Å². The molecule has 1 aliphatic carbocycles. The molecule has 3 aromatic rings. The van der Waals surface area contributed by atoms with Crippen LogP contribution in [0.2, 0.25) is 0 Å². The first-order valence-corrected chi connectivity index (χ1v) is 14.8. The highest BCUT2D eigenvalue weighted by molar-refractivity contribution is 7.11. The second-order valence-electron chi connectivity index (χ2n) is 9.79. The Kier molecular flexibility index (Phi) is 11.8. The van der Waals surface area contributed by atoms with Gasteiger partial charge in [-0.3, -0.25) is 14.9 Å². The number of nitro benzene ring substituents is 1. The largest absolute Gasteiger partial charge is 0.513 e. The first-order chi connectivity index (χ1) is 21.7. The van der Waals surface area contributed by atoms with Crippen LogP contribution in [0.4, 0.5) is 14.9 Å². The molecule has 0 saturated carbocycles. The monoisotopic (exact) mass is 641 g/mol. The number of non-ortho nitro benzene ring substituents is 1. The van der Waals surface area contributed by atoms with Crippen LogP contribution in [-0.4, -0.2) is 63.8 Å². The Hall–Kier alpha value is -4.59.